The number of rotatable bonds is 2. The van der Waals surface area contributed by atoms with Crippen LogP contribution in [0.2, 0.25) is 0 Å². The van der Waals surface area contributed by atoms with Crippen LogP contribution in [0, 0.1) is 0 Å². The molecule has 3 nitrogen and oxygen atoms in total. The van der Waals surface area contributed by atoms with E-state index < -0.39 is 0 Å². The first-order chi connectivity index (χ1) is 10.3. The number of para-hydroxylation sites is 1. The number of benzene rings is 2. The molecule has 0 bridgehead atoms. The first kappa shape index (κ1) is 12.4. The lowest BCUT2D eigenvalue weighted by Gasteiger charge is -2.20. The number of fused-ring (bicyclic) bond motifs is 2. The van der Waals surface area contributed by atoms with E-state index in [9.17, 15) is 0 Å². The second-order valence-corrected chi connectivity index (χ2v) is 5.40. The minimum atomic E-state index is -0.0958. The molecule has 0 spiro atoms. The van der Waals surface area contributed by atoms with E-state index in [-0.39, 0.29) is 12.0 Å². The summed E-state index contributed by atoms with van der Waals surface area (Å²) < 4.78 is 5.77. The van der Waals surface area contributed by atoms with Crippen LogP contribution in [0.1, 0.15) is 23.1 Å². The molecule has 21 heavy (non-hydrogen) atoms. The summed E-state index contributed by atoms with van der Waals surface area (Å²) in [5.41, 5.74) is 9.89. The number of hydrogen-bond acceptors (Lipinski definition) is 3. The summed E-state index contributed by atoms with van der Waals surface area (Å²) in [5, 5.41) is 1.12. The maximum Gasteiger partial charge on any atom is 0.122 e. The quantitative estimate of drug-likeness (QED) is 0.780. The largest absolute Gasteiger partial charge is 0.493 e. The van der Waals surface area contributed by atoms with Gasteiger partial charge in [0, 0.05) is 29.1 Å². The van der Waals surface area contributed by atoms with Crippen molar-refractivity contribution in [3.05, 3.63) is 71.9 Å². The molecule has 0 amide bonds. The monoisotopic (exact) mass is 276 g/mol. The molecule has 1 aliphatic rings. The number of ether oxygens (including phenoxy) is 1. The fourth-order valence-corrected chi connectivity index (χ4v) is 3.12. The van der Waals surface area contributed by atoms with E-state index in [0.717, 1.165) is 22.2 Å². The SMILES string of the molecule is NC(c1cccc2ncccc12)C1COc2ccccc21. The van der Waals surface area contributed by atoms with E-state index >= 15 is 0 Å². The molecule has 0 aliphatic carbocycles. The van der Waals surface area contributed by atoms with Crippen LogP contribution in [-0.2, 0) is 0 Å². The highest BCUT2D eigenvalue weighted by Crippen LogP contribution is 2.41. The number of pyridine rings is 1. The summed E-state index contributed by atoms with van der Waals surface area (Å²) >= 11 is 0. The van der Waals surface area contributed by atoms with Gasteiger partial charge in [0.25, 0.3) is 0 Å². The van der Waals surface area contributed by atoms with Gasteiger partial charge in [-0.05, 0) is 23.8 Å². The summed E-state index contributed by atoms with van der Waals surface area (Å²) in [6.07, 6.45) is 1.81. The Labute approximate surface area is 123 Å². The van der Waals surface area contributed by atoms with Crippen molar-refractivity contribution in [1.82, 2.24) is 4.98 Å². The van der Waals surface area contributed by atoms with Gasteiger partial charge in [-0.2, -0.15) is 0 Å². The Morgan fingerprint density at radius 1 is 1.05 bits per heavy atom. The second kappa shape index (κ2) is 4.86. The zero-order chi connectivity index (χ0) is 14.2. The maximum absolute atomic E-state index is 6.57. The average Bonchev–Trinajstić information content (AvgIpc) is 2.98. The van der Waals surface area contributed by atoms with E-state index in [1.165, 1.54) is 5.56 Å². The van der Waals surface area contributed by atoms with Crippen molar-refractivity contribution >= 4 is 10.9 Å². The van der Waals surface area contributed by atoms with Gasteiger partial charge in [0.2, 0.25) is 0 Å². The van der Waals surface area contributed by atoms with Gasteiger partial charge in [-0.3, -0.25) is 4.98 Å². The van der Waals surface area contributed by atoms with E-state index in [1.807, 2.05) is 42.6 Å². The molecular formula is C18H16N2O. The molecule has 2 atom stereocenters. The van der Waals surface area contributed by atoms with Crippen LogP contribution in [0.3, 0.4) is 0 Å². The molecule has 2 unspecified atom stereocenters. The van der Waals surface area contributed by atoms with Crippen molar-refractivity contribution in [2.75, 3.05) is 6.61 Å². The fraction of sp³-hybridized carbons (Fsp3) is 0.167. The van der Waals surface area contributed by atoms with Gasteiger partial charge in [0.15, 0.2) is 0 Å². The van der Waals surface area contributed by atoms with Crippen LogP contribution in [0.15, 0.2) is 60.8 Å². The van der Waals surface area contributed by atoms with Gasteiger partial charge in [-0.1, -0.05) is 36.4 Å². The van der Waals surface area contributed by atoms with E-state index in [2.05, 4.69) is 23.2 Å². The number of nitrogens with two attached hydrogens (primary N) is 1. The van der Waals surface area contributed by atoms with Gasteiger partial charge in [0.05, 0.1) is 12.1 Å². The van der Waals surface area contributed by atoms with Gasteiger partial charge < -0.3 is 10.5 Å². The summed E-state index contributed by atoms with van der Waals surface area (Å²) in [4.78, 5) is 4.41. The Morgan fingerprint density at radius 3 is 2.90 bits per heavy atom. The van der Waals surface area contributed by atoms with Gasteiger partial charge in [-0.15, -0.1) is 0 Å². The summed E-state index contributed by atoms with van der Waals surface area (Å²) in [5.74, 6) is 1.14. The van der Waals surface area contributed by atoms with Crippen molar-refractivity contribution in [1.29, 1.82) is 0 Å². The summed E-state index contributed by atoms with van der Waals surface area (Å²) in [6, 6.07) is 18.2. The molecule has 3 heteroatoms. The predicted molar refractivity (Wildman–Crippen MR) is 83.3 cm³/mol. The lowest BCUT2D eigenvalue weighted by atomic mass is 9.87. The van der Waals surface area contributed by atoms with Crippen LogP contribution in [0.25, 0.3) is 10.9 Å². The van der Waals surface area contributed by atoms with Crippen molar-refractivity contribution in [3.63, 3.8) is 0 Å². The number of aromatic nitrogens is 1. The summed E-state index contributed by atoms with van der Waals surface area (Å²) in [7, 11) is 0. The molecule has 3 aromatic rings. The normalized spacial score (nSPS) is 18.2. The van der Waals surface area contributed by atoms with Crippen LogP contribution < -0.4 is 10.5 Å². The van der Waals surface area contributed by atoms with E-state index in [4.69, 9.17) is 10.5 Å². The third-order valence-corrected chi connectivity index (χ3v) is 4.21. The Bertz CT molecular complexity index is 795. The predicted octanol–water partition coefficient (Wildman–Crippen LogP) is 3.41. The van der Waals surface area contributed by atoms with Crippen LogP contribution in [-0.4, -0.2) is 11.6 Å². The maximum atomic E-state index is 6.57. The van der Waals surface area contributed by atoms with Crippen LogP contribution in [0.4, 0.5) is 0 Å². The van der Waals surface area contributed by atoms with E-state index in [0.29, 0.717) is 6.61 Å². The zero-order valence-corrected chi connectivity index (χ0v) is 11.6. The van der Waals surface area contributed by atoms with Gasteiger partial charge in [-0.25, -0.2) is 0 Å². The molecule has 0 saturated carbocycles. The van der Waals surface area contributed by atoms with Crippen molar-refractivity contribution in [3.8, 4) is 5.75 Å². The Kier molecular flexibility index (Phi) is 2.86. The van der Waals surface area contributed by atoms with Crippen LogP contribution >= 0.6 is 0 Å². The average molecular weight is 276 g/mol. The highest BCUT2D eigenvalue weighted by molar-refractivity contribution is 5.82. The lowest BCUT2D eigenvalue weighted by molar-refractivity contribution is 0.315. The standard InChI is InChI=1S/C18H16N2O/c19-18(15-11-21-17-9-2-1-5-13(15)17)14-6-3-8-16-12(14)7-4-10-20-16/h1-10,15,18H,11,19H2. The third-order valence-electron chi connectivity index (χ3n) is 4.21. The molecule has 0 radical (unpaired) electrons. The molecule has 1 aliphatic heterocycles. The Hall–Kier alpha value is -2.39. The molecule has 4 rings (SSSR count). The Morgan fingerprint density at radius 2 is 1.95 bits per heavy atom. The van der Waals surface area contributed by atoms with Crippen molar-refractivity contribution in [2.45, 2.75) is 12.0 Å². The molecule has 2 aromatic carbocycles. The molecule has 0 fully saturated rings. The third kappa shape index (κ3) is 1.98. The molecule has 0 saturated heterocycles. The fourth-order valence-electron chi connectivity index (χ4n) is 3.12. The van der Waals surface area contributed by atoms with Crippen molar-refractivity contribution < 1.29 is 4.74 Å². The molecule has 2 heterocycles. The first-order valence-electron chi connectivity index (χ1n) is 7.15. The topological polar surface area (TPSA) is 48.1 Å². The van der Waals surface area contributed by atoms with Crippen LogP contribution in [0.5, 0.6) is 5.75 Å². The molecule has 1 aromatic heterocycles. The van der Waals surface area contributed by atoms with Gasteiger partial charge >= 0.3 is 0 Å². The molecular weight excluding hydrogens is 260 g/mol. The molecule has 104 valence electrons. The number of nitrogens with zero attached hydrogens (tertiary/aromatic N) is 1. The number of hydrogen-bond donors (Lipinski definition) is 1. The van der Waals surface area contributed by atoms with Crippen molar-refractivity contribution in [2.24, 2.45) is 5.73 Å². The first-order valence-corrected chi connectivity index (χ1v) is 7.15. The second-order valence-electron chi connectivity index (χ2n) is 5.40. The smallest absolute Gasteiger partial charge is 0.122 e. The van der Waals surface area contributed by atoms with Gasteiger partial charge in [0.1, 0.15) is 5.75 Å². The minimum absolute atomic E-state index is 0.0958. The highest BCUT2D eigenvalue weighted by atomic mass is 16.5. The molecule has 2 N–H and O–H groups in total. The highest BCUT2D eigenvalue weighted by Gasteiger charge is 2.30. The minimum Gasteiger partial charge on any atom is -0.493 e. The lowest BCUT2D eigenvalue weighted by Crippen LogP contribution is -2.21. The van der Waals surface area contributed by atoms with E-state index in [1.54, 1.807) is 0 Å². The zero-order valence-electron chi connectivity index (χ0n) is 11.6. The summed E-state index contributed by atoms with van der Waals surface area (Å²) in [6.45, 7) is 0.636. The Balaban J connectivity index is 1.80.